The number of para-hydroxylation sites is 1. The smallest absolute Gasteiger partial charge is 0.140 e. The quantitative estimate of drug-likeness (QED) is 0.363. The molecule has 0 aliphatic rings. The van der Waals surface area contributed by atoms with E-state index < -0.39 is 0 Å². The van der Waals surface area contributed by atoms with E-state index in [1.54, 1.807) is 29.2 Å². The van der Waals surface area contributed by atoms with E-state index in [9.17, 15) is 5.26 Å². The van der Waals surface area contributed by atoms with E-state index in [1.165, 1.54) is 11.3 Å². The molecule has 29 heavy (non-hydrogen) atoms. The van der Waals surface area contributed by atoms with Crippen molar-refractivity contribution < 1.29 is 0 Å². The maximum absolute atomic E-state index is 9.72. The number of hydrogen-bond acceptors (Lipinski definition) is 5. The Labute approximate surface area is 181 Å². The third-order valence-corrected chi connectivity index (χ3v) is 5.81. The molecule has 0 spiro atoms. The van der Waals surface area contributed by atoms with Crippen LogP contribution in [0.4, 0.5) is 0 Å². The second-order valence-electron chi connectivity index (χ2n) is 6.10. The molecule has 3 heterocycles. The Bertz CT molecular complexity index is 1250. The standard InChI is InChI=1S/C21H13Cl2N5S/c1-13-16(20(23)28(27-13)19-5-3-2-4-17(19)22)10-15(11-24)21-26-18(12-29-21)14-6-8-25-9-7-14/h2-10,12H,1H3/b15-10-. The molecule has 0 fully saturated rings. The maximum atomic E-state index is 9.72. The van der Waals surface area contributed by atoms with Crippen LogP contribution in [0.5, 0.6) is 0 Å². The minimum Gasteiger partial charge on any atom is -0.265 e. The summed E-state index contributed by atoms with van der Waals surface area (Å²) in [6.07, 6.45) is 5.14. The molecule has 8 heteroatoms. The van der Waals surface area contributed by atoms with Gasteiger partial charge in [0.25, 0.3) is 0 Å². The Morgan fingerprint density at radius 3 is 2.66 bits per heavy atom. The molecular weight excluding hydrogens is 425 g/mol. The lowest BCUT2D eigenvalue weighted by Crippen LogP contribution is -1.97. The van der Waals surface area contributed by atoms with Crippen LogP contribution in [0, 0.1) is 18.3 Å². The number of benzene rings is 1. The molecule has 0 unspecified atom stereocenters. The van der Waals surface area contributed by atoms with Crippen molar-refractivity contribution in [3.63, 3.8) is 0 Å². The van der Waals surface area contributed by atoms with Crippen molar-refractivity contribution in [2.24, 2.45) is 0 Å². The fourth-order valence-corrected chi connectivity index (χ4v) is 4.13. The Kier molecular flexibility index (Phi) is 5.45. The van der Waals surface area contributed by atoms with Gasteiger partial charge in [0.2, 0.25) is 0 Å². The van der Waals surface area contributed by atoms with Crippen LogP contribution in [0.15, 0.2) is 54.2 Å². The second kappa shape index (κ2) is 8.18. The first-order valence-electron chi connectivity index (χ1n) is 8.56. The van der Waals surface area contributed by atoms with Gasteiger partial charge in [-0.25, -0.2) is 9.67 Å². The van der Waals surface area contributed by atoms with E-state index in [4.69, 9.17) is 23.2 Å². The normalized spacial score (nSPS) is 11.4. The maximum Gasteiger partial charge on any atom is 0.140 e. The van der Waals surface area contributed by atoms with Crippen molar-refractivity contribution in [2.75, 3.05) is 0 Å². The van der Waals surface area contributed by atoms with Crippen LogP contribution in [0.2, 0.25) is 10.2 Å². The predicted octanol–water partition coefficient (Wildman–Crippen LogP) is 6.07. The zero-order chi connectivity index (χ0) is 20.4. The summed E-state index contributed by atoms with van der Waals surface area (Å²) in [7, 11) is 0. The lowest BCUT2D eigenvalue weighted by atomic mass is 10.1. The highest BCUT2D eigenvalue weighted by atomic mass is 35.5. The number of aromatic nitrogens is 4. The number of pyridine rings is 1. The SMILES string of the molecule is Cc1nn(-c2ccccc2Cl)c(Cl)c1/C=C(/C#N)c1nc(-c2ccncc2)cs1. The third-order valence-electron chi connectivity index (χ3n) is 4.25. The Morgan fingerprint density at radius 1 is 1.17 bits per heavy atom. The van der Waals surface area contributed by atoms with Gasteiger partial charge in [0.05, 0.1) is 27.7 Å². The van der Waals surface area contributed by atoms with Crippen LogP contribution in [0.1, 0.15) is 16.3 Å². The fraction of sp³-hybridized carbons (Fsp3) is 0.0476. The monoisotopic (exact) mass is 437 g/mol. The number of thiazole rings is 1. The van der Waals surface area contributed by atoms with E-state index in [-0.39, 0.29) is 0 Å². The summed E-state index contributed by atoms with van der Waals surface area (Å²) in [5.41, 5.74) is 4.18. The molecule has 4 rings (SSSR count). The van der Waals surface area contributed by atoms with Gasteiger partial charge in [-0.05, 0) is 37.3 Å². The second-order valence-corrected chi connectivity index (χ2v) is 7.72. The van der Waals surface area contributed by atoms with Gasteiger partial charge in [-0.15, -0.1) is 11.3 Å². The molecule has 0 N–H and O–H groups in total. The van der Waals surface area contributed by atoms with Crippen LogP contribution in [0.25, 0.3) is 28.6 Å². The molecular formula is C21H13Cl2N5S. The molecule has 0 saturated heterocycles. The van der Waals surface area contributed by atoms with Gasteiger partial charge < -0.3 is 0 Å². The summed E-state index contributed by atoms with van der Waals surface area (Å²) in [4.78, 5) is 8.61. The number of nitriles is 1. The molecule has 142 valence electrons. The lowest BCUT2D eigenvalue weighted by Gasteiger charge is -2.05. The van der Waals surface area contributed by atoms with Gasteiger partial charge in [0.1, 0.15) is 16.2 Å². The van der Waals surface area contributed by atoms with Crippen LogP contribution in [0.3, 0.4) is 0 Å². The van der Waals surface area contributed by atoms with Gasteiger partial charge in [-0.1, -0.05) is 35.3 Å². The molecule has 0 saturated carbocycles. The molecule has 3 aromatic heterocycles. The van der Waals surface area contributed by atoms with Crippen molar-refractivity contribution in [3.05, 3.63) is 80.6 Å². The van der Waals surface area contributed by atoms with Crippen molar-refractivity contribution in [3.8, 4) is 23.0 Å². The molecule has 0 aliphatic heterocycles. The highest BCUT2D eigenvalue weighted by Crippen LogP contribution is 2.32. The highest BCUT2D eigenvalue weighted by Gasteiger charge is 2.17. The number of hydrogen-bond donors (Lipinski definition) is 0. The van der Waals surface area contributed by atoms with Gasteiger partial charge in [0, 0.05) is 28.9 Å². The Balaban J connectivity index is 1.75. The summed E-state index contributed by atoms with van der Waals surface area (Å²) < 4.78 is 1.57. The molecule has 0 radical (unpaired) electrons. The van der Waals surface area contributed by atoms with E-state index in [2.05, 4.69) is 21.1 Å². The van der Waals surface area contributed by atoms with Crippen LogP contribution in [-0.4, -0.2) is 19.7 Å². The summed E-state index contributed by atoms with van der Waals surface area (Å²) >= 11 is 14.3. The summed E-state index contributed by atoms with van der Waals surface area (Å²) in [5.74, 6) is 0. The van der Waals surface area contributed by atoms with E-state index in [1.807, 2.05) is 42.6 Å². The fourth-order valence-electron chi connectivity index (χ4n) is 2.80. The summed E-state index contributed by atoms with van der Waals surface area (Å²) in [5, 5.41) is 17.7. The zero-order valence-electron chi connectivity index (χ0n) is 15.2. The summed E-state index contributed by atoms with van der Waals surface area (Å²) in [6, 6.07) is 13.3. The van der Waals surface area contributed by atoms with Gasteiger partial charge in [-0.3, -0.25) is 4.98 Å². The lowest BCUT2D eigenvalue weighted by molar-refractivity contribution is 0.863. The zero-order valence-corrected chi connectivity index (χ0v) is 17.5. The number of allylic oxidation sites excluding steroid dienone is 1. The first-order chi connectivity index (χ1) is 14.1. The Hall–Kier alpha value is -2.98. The van der Waals surface area contributed by atoms with Crippen LogP contribution < -0.4 is 0 Å². The Morgan fingerprint density at radius 2 is 1.93 bits per heavy atom. The van der Waals surface area contributed by atoms with Gasteiger partial charge in [-0.2, -0.15) is 10.4 Å². The predicted molar refractivity (Wildman–Crippen MR) is 117 cm³/mol. The average Bonchev–Trinajstić information content (AvgIpc) is 3.33. The minimum atomic E-state index is 0.384. The number of nitrogens with zero attached hydrogens (tertiary/aromatic N) is 5. The van der Waals surface area contributed by atoms with Crippen LogP contribution >= 0.6 is 34.5 Å². The van der Waals surface area contributed by atoms with E-state index in [0.29, 0.717) is 37.7 Å². The van der Waals surface area contributed by atoms with Crippen molar-refractivity contribution >= 4 is 46.2 Å². The van der Waals surface area contributed by atoms with Crippen molar-refractivity contribution in [2.45, 2.75) is 6.92 Å². The number of rotatable bonds is 4. The molecule has 1 aromatic carbocycles. The molecule has 0 bridgehead atoms. The minimum absolute atomic E-state index is 0.384. The van der Waals surface area contributed by atoms with Gasteiger partial charge in [0.15, 0.2) is 0 Å². The molecule has 4 aromatic rings. The van der Waals surface area contributed by atoms with Crippen LogP contribution in [-0.2, 0) is 0 Å². The molecule has 5 nitrogen and oxygen atoms in total. The van der Waals surface area contributed by atoms with E-state index >= 15 is 0 Å². The average molecular weight is 438 g/mol. The third kappa shape index (κ3) is 3.81. The largest absolute Gasteiger partial charge is 0.265 e. The van der Waals surface area contributed by atoms with E-state index in [0.717, 1.165) is 11.3 Å². The topological polar surface area (TPSA) is 67.4 Å². The first kappa shape index (κ1) is 19.3. The number of halogens is 2. The summed E-state index contributed by atoms with van der Waals surface area (Å²) in [6.45, 7) is 1.84. The first-order valence-corrected chi connectivity index (χ1v) is 10.2. The molecule has 0 amide bonds. The molecule has 0 aliphatic carbocycles. The highest BCUT2D eigenvalue weighted by molar-refractivity contribution is 7.11. The number of aryl methyl sites for hydroxylation is 1. The van der Waals surface area contributed by atoms with Gasteiger partial charge >= 0.3 is 0 Å². The van der Waals surface area contributed by atoms with Crippen molar-refractivity contribution in [1.82, 2.24) is 19.7 Å². The molecule has 0 atom stereocenters. The van der Waals surface area contributed by atoms with Crippen molar-refractivity contribution in [1.29, 1.82) is 5.26 Å².